The number of fused-ring (bicyclic) bond motifs is 5. The summed E-state index contributed by atoms with van der Waals surface area (Å²) in [4.78, 5) is 0. The minimum absolute atomic E-state index is 0.00349. The molecule has 0 aliphatic heterocycles. The highest BCUT2D eigenvalue weighted by Gasteiger charge is 2.60. The summed E-state index contributed by atoms with van der Waals surface area (Å²) < 4.78 is 51.8. The number of hydrogen-bond donors (Lipinski definition) is 4. The lowest BCUT2D eigenvalue weighted by Crippen LogP contribution is -2.59. The number of aliphatic hydroxyl groups excluding tert-OH is 3. The maximum atomic E-state index is 11.6. The standard InChI is InChI=1S/C30H50O5/c1-19(8-6-14-28(2,3)34)22-11-12-23-21-10-9-20-18-25(32)26(35-17-7-16-31)27(33)30(20,5)24(21)13-15-29(22,23)4/h9-10,19,22-27,31-34H,6-8,11-18H2,1-5H3/t19-,22-,23+,24+,25-,26-,27+,29-,30+/m1/s1/i2T3,3T3. The molecule has 0 radical (unpaired) electrons. The molecule has 4 rings (SSSR count). The van der Waals surface area contributed by atoms with Crippen LogP contribution in [0.1, 0.15) is 100 Å². The van der Waals surface area contributed by atoms with Gasteiger partial charge in [-0.3, -0.25) is 0 Å². The first-order valence-corrected chi connectivity index (χ1v) is 13.7. The van der Waals surface area contributed by atoms with Crippen molar-refractivity contribution in [1.29, 1.82) is 0 Å². The lowest BCUT2D eigenvalue weighted by Gasteiger charge is -2.57. The first-order valence-electron chi connectivity index (χ1n) is 16.7. The molecule has 4 aliphatic carbocycles. The van der Waals surface area contributed by atoms with E-state index in [-0.39, 0.29) is 36.9 Å². The summed E-state index contributed by atoms with van der Waals surface area (Å²) in [5, 5.41) is 42.3. The van der Waals surface area contributed by atoms with E-state index < -0.39 is 43.0 Å². The first kappa shape index (κ1) is 20.3. The minimum Gasteiger partial charge on any atom is -0.396 e. The Hall–Kier alpha value is -0.720. The molecule has 5 nitrogen and oxygen atoms in total. The molecular formula is C30H50O5. The molecule has 9 atom stereocenters. The van der Waals surface area contributed by atoms with Crippen molar-refractivity contribution < 1.29 is 33.4 Å². The van der Waals surface area contributed by atoms with Crippen LogP contribution in [0, 0.1) is 34.5 Å². The normalized spacial score (nSPS) is 45.2. The third-order valence-electron chi connectivity index (χ3n) is 10.3. The van der Waals surface area contributed by atoms with Gasteiger partial charge in [0.15, 0.2) is 0 Å². The van der Waals surface area contributed by atoms with Crippen molar-refractivity contribution in [2.24, 2.45) is 34.5 Å². The summed E-state index contributed by atoms with van der Waals surface area (Å²) in [5.74, 6) is 1.12. The molecule has 0 amide bonds. The van der Waals surface area contributed by atoms with Gasteiger partial charge in [0.25, 0.3) is 0 Å². The Morgan fingerprint density at radius 3 is 2.63 bits per heavy atom. The second kappa shape index (κ2) is 10.2. The SMILES string of the molecule is [3H]C([3H])([3H])C(O)(CCC[C@@H](C)[C@H]1CC[C@H]2C3=CC=C4C[C@@H](O)[C@@H](OCCCO)[C@H](O)[C@]4(C)[C@H]3CC[C@]12C)C([3H])([3H])[3H]. The van der Waals surface area contributed by atoms with Crippen molar-refractivity contribution in [1.82, 2.24) is 0 Å². The highest BCUT2D eigenvalue weighted by Crippen LogP contribution is 2.66. The van der Waals surface area contributed by atoms with E-state index in [1.165, 1.54) is 5.57 Å². The van der Waals surface area contributed by atoms with E-state index in [4.69, 9.17) is 18.1 Å². The highest BCUT2D eigenvalue weighted by atomic mass is 16.5. The molecule has 0 unspecified atom stereocenters. The van der Waals surface area contributed by atoms with Crippen LogP contribution in [-0.2, 0) is 4.74 Å². The summed E-state index contributed by atoms with van der Waals surface area (Å²) in [6, 6.07) is 0. The van der Waals surface area contributed by atoms with Gasteiger partial charge in [0, 0.05) is 26.9 Å². The Kier molecular flexibility index (Phi) is 5.91. The van der Waals surface area contributed by atoms with Crippen LogP contribution in [0.2, 0.25) is 0 Å². The van der Waals surface area contributed by atoms with Crippen molar-refractivity contribution in [2.45, 2.75) is 116 Å². The van der Waals surface area contributed by atoms with Gasteiger partial charge in [0.1, 0.15) is 6.10 Å². The van der Waals surface area contributed by atoms with Crippen molar-refractivity contribution >= 4 is 0 Å². The fourth-order valence-corrected chi connectivity index (χ4v) is 8.39. The Labute approximate surface area is 221 Å². The summed E-state index contributed by atoms with van der Waals surface area (Å²) in [5.41, 5.74) is -0.781. The van der Waals surface area contributed by atoms with Crippen LogP contribution < -0.4 is 0 Å². The average Bonchev–Trinajstić information content (AvgIpc) is 3.23. The van der Waals surface area contributed by atoms with Gasteiger partial charge < -0.3 is 25.2 Å². The van der Waals surface area contributed by atoms with Crippen molar-refractivity contribution in [3.8, 4) is 0 Å². The molecule has 3 saturated carbocycles. The Morgan fingerprint density at radius 2 is 1.91 bits per heavy atom. The van der Waals surface area contributed by atoms with Gasteiger partial charge in [0.2, 0.25) is 0 Å². The second-order valence-corrected chi connectivity index (χ2v) is 12.3. The van der Waals surface area contributed by atoms with Crippen molar-refractivity contribution in [3.05, 3.63) is 23.3 Å². The highest BCUT2D eigenvalue weighted by molar-refractivity contribution is 5.40. The van der Waals surface area contributed by atoms with E-state index in [0.29, 0.717) is 37.5 Å². The molecule has 0 aromatic heterocycles. The fraction of sp³-hybridized carbons (Fsp3) is 0.867. The Morgan fingerprint density at radius 1 is 1.14 bits per heavy atom. The largest absolute Gasteiger partial charge is 0.396 e. The molecule has 0 heterocycles. The van der Waals surface area contributed by atoms with E-state index in [2.05, 4.69) is 32.9 Å². The van der Waals surface area contributed by atoms with Crippen LogP contribution in [0.15, 0.2) is 23.3 Å². The third-order valence-corrected chi connectivity index (χ3v) is 10.3. The summed E-state index contributed by atoms with van der Waals surface area (Å²) >= 11 is 0. The molecule has 0 aromatic carbocycles. The Balaban J connectivity index is 1.48. The second-order valence-electron chi connectivity index (χ2n) is 12.3. The molecule has 5 heteroatoms. The summed E-state index contributed by atoms with van der Waals surface area (Å²) in [6.07, 6.45) is 7.52. The molecule has 3 fully saturated rings. The molecule has 0 bridgehead atoms. The van der Waals surface area contributed by atoms with Crippen LogP contribution in [-0.4, -0.2) is 57.6 Å². The number of rotatable bonds is 9. The number of aliphatic hydroxyl groups is 4. The number of allylic oxidation sites excluding steroid dienone is 3. The van der Waals surface area contributed by atoms with Gasteiger partial charge in [-0.1, -0.05) is 56.9 Å². The quantitative estimate of drug-likeness (QED) is 0.341. The van der Waals surface area contributed by atoms with E-state index >= 15 is 0 Å². The molecule has 0 spiro atoms. The topological polar surface area (TPSA) is 90.2 Å². The smallest absolute Gasteiger partial charge is 0.110 e. The van der Waals surface area contributed by atoms with Crippen LogP contribution in [0.5, 0.6) is 0 Å². The average molecular weight is 503 g/mol. The molecule has 4 N–H and O–H groups in total. The van der Waals surface area contributed by atoms with Crippen molar-refractivity contribution in [3.63, 3.8) is 0 Å². The molecule has 0 saturated heterocycles. The first-order chi connectivity index (χ1) is 18.9. The fourth-order valence-electron chi connectivity index (χ4n) is 8.39. The molecule has 200 valence electrons. The van der Waals surface area contributed by atoms with Gasteiger partial charge in [0.05, 0.1) is 17.8 Å². The molecule has 35 heavy (non-hydrogen) atoms. The Bertz CT molecular complexity index is 994. The van der Waals surface area contributed by atoms with Crippen molar-refractivity contribution in [2.75, 3.05) is 13.2 Å². The molecule has 0 aromatic rings. The number of ether oxygens (including phenoxy) is 1. The van der Waals surface area contributed by atoms with E-state index in [9.17, 15) is 15.3 Å². The van der Waals surface area contributed by atoms with Crippen LogP contribution >= 0.6 is 0 Å². The van der Waals surface area contributed by atoms with Crippen LogP contribution in [0.4, 0.5) is 0 Å². The van der Waals surface area contributed by atoms with E-state index in [0.717, 1.165) is 31.3 Å². The lowest BCUT2D eigenvalue weighted by molar-refractivity contribution is -0.162. The maximum Gasteiger partial charge on any atom is 0.110 e. The summed E-state index contributed by atoms with van der Waals surface area (Å²) in [7, 11) is 0. The molecule has 4 aliphatic rings. The van der Waals surface area contributed by atoms with Gasteiger partial charge in [-0.15, -0.1) is 0 Å². The zero-order valence-corrected chi connectivity index (χ0v) is 21.7. The lowest BCUT2D eigenvalue weighted by atomic mass is 9.49. The van der Waals surface area contributed by atoms with Crippen LogP contribution in [0.25, 0.3) is 0 Å². The zero-order valence-electron chi connectivity index (χ0n) is 27.7. The zero-order chi connectivity index (χ0) is 30.6. The molecular weight excluding hydrogens is 440 g/mol. The third kappa shape index (κ3) is 4.93. The predicted molar refractivity (Wildman–Crippen MR) is 139 cm³/mol. The van der Waals surface area contributed by atoms with Crippen LogP contribution in [0.3, 0.4) is 0 Å². The van der Waals surface area contributed by atoms with Gasteiger partial charge in [-0.05, 0) is 87.7 Å². The maximum absolute atomic E-state index is 11.6. The van der Waals surface area contributed by atoms with Gasteiger partial charge in [-0.2, -0.15) is 0 Å². The minimum atomic E-state index is -2.98. The van der Waals surface area contributed by atoms with E-state index in [1.54, 1.807) is 0 Å². The number of hydrogen-bond acceptors (Lipinski definition) is 5. The predicted octanol–water partition coefficient (Wildman–Crippen LogP) is 4.77. The van der Waals surface area contributed by atoms with Gasteiger partial charge in [-0.25, -0.2) is 0 Å². The summed E-state index contributed by atoms with van der Waals surface area (Å²) in [6.45, 7) is 0.956. The van der Waals surface area contributed by atoms with E-state index in [1.807, 2.05) is 0 Å². The monoisotopic (exact) mass is 502 g/mol. The van der Waals surface area contributed by atoms with Gasteiger partial charge >= 0.3 is 0 Å².